The van der Waals surface area contributed by atoms with E-state index in [0.29, 0.717) is 25.2 Å². The summed E-state index contributed by atoms with van der Waals surface area (Å²) in [5.74, 6) is 2.86. The molecule has 0 saturated carbocycles. The van der Waals surface area contributed by atoms with Crippen LogP contribution in [-0.4, -0.2) is 50.7 Å². The molecule has 30 heavy (non-hydrogen) atoms. The van der Waals surface area contributed by atoms with Crippen molar-refractivity contribution in [3.8, 4) is 22.6 Å². The van der Waals surface area contributed by atoms with E-state index in [1.165, 1.54) is 22.3 Å². The predicted molar refractivity (Wildman–Crippen MR) is 123 cm³/mol. The van der Waals surface area contributed by atoms with Gasteiger partial charge in [0.2, 0.25) is 6.79 Å². The Bertz CT molecular complexity index is 917. The Balaban J connectivity index is 1.42. The van der Waals surface area contributed by atoms with Gasteiger partial charge in [-0.15, -0.1) is 0 Å². The molecule has 0 amide bonds. The Hall–Kier alpha value is -2.31. The summed E-state index contributed by atoms with van der Waals surface area (Å²) in [5, 5.41) is 4.03. The van der Waals surface area contributed by atoms with E-state index >= 15 is 0 Å². The zero-order valence-corrected chi connectivity index (χ0v) is 18.8. The second-order valence-corrected chi connectivity index (χ2v) is 8.59. The van der Waals surface area contributed by atoms with Crippen LogP contribution in [0, 0.1) is 5.92 Å². The van der Waals surface area contributed by atoms with E-state index in [1.54, 1.807) is 7.11 Å². The minimum absolute atomic E-state index is 0.307. The van der Waals surface area contributed by atoms with Gasteiger partial charge in [0.05, 0.1) is 6.61 Å². The number of ether oxygens (including phenoxy) is 3. The molecule has 2 atom stereocenters. The van der Waals surface area contributed by atoms with Crippen molar-refractivity contribution in [1.82, 2.24) is 10.2 Å². The van der Waals surface area contributed by atoms with Crippen LogP contribution in [0.5, 0.6) is 11.5 Å². The highest BCUT2D eigenvalue weighted by atomic mass is 32.1. The van der Waals surface area contributed by atoms with Gasteiger partial charge in [-0.3, -0.25) is 0 Å². The van der Waals surface area contributed by atoms with E-state index in [-0.39, 0.29) is 0 Å². The molecular formula is C24H30N2O3S. The van der Waals surface area contributed by atoms with E-state index in [1.807, 2.05) is 6.07 Å². The van der Waals surface area contributed by atoms with Crippen LogP contribution in [0.4, 0.5) is 0 Å². The molecule has 2 aromatic rings. The number of nitrogens with one attached hydrogen (secondary N) is 1. The lowest BCUT2D eigenvalue weighted by Crippen LogP contribution is -2.39. The highest BCUT2D eigenvalue weighted by Crippen LogP contribution is 2.42. The SMILES string of the molecule is COCCNC(=S)N(C)CC[C@H]1c2ccc(-c3ccc4c(c3)OCO4)cc2C[C@H]1C. The number of methoxy groups -OCH3 is 1. The monoisotopic (exact) mass is 426 g/mol. The zero-order chi connectivity index (χ0) is 21.1. The van der Waals surface area contributed by atoms with Gasteiger partial charge >= 0.3 is 0 Å². The van der Waals surface area contributed by atoms with Crippen molar-refractivity contribution in [1.29, 1.82) is 0 Å². The van der Waals surface area contributed by atoms with Crippen LogP contribution < -0.4 is 14.8 Å². The molecule has 1 aliphatic heterocycles. The van der Waals surface area contributed by atoms with Crippen LogP contribution in [-0.2, 0) is 11.2 Å². The van der Waals surface area contributed by atoms with Gasteiger partial charge in [0.15, 0.2) is 16.6 Å². The topological polar surface area (TPSA) is 43.0 Å². The maximum atomic E-state index is 5.54. The maximum Gasteiger partial charge on any atom is 0.231 e. The number of thiocarbonyl (C=S) groups is 1. The van der Waals surface area contributed by atoms with Crippen LogP contribution in [0.1, 0.15) is 30.4 Å². The highest BCUT2D eigenvalue weighted by molar-refractivity contribution is 7.80. The summed E-state index contributed by atoms with van der Waals surface area (Å²) in [6.07, 6.45) is 2.22. The number of fused-ring (bicyclic) bond motifs is 2. The molecule has 0 spiro atoms. The molecule has 0 radical (unpaired) electrons. The molecule has 160 valence electrons. The zero-order valence-electron chi connectivity index (χ0n) is 17.9. The second kappa shape index (κ2) is 9.23. The Morgan fingerprint density at radius 1 is 1.17 bits per heavy atom. The number of hydrogen-bond donors (Lipinski definition) is 1. The quantitative estimate of drug-likeness (QED) is 0.529. The first kappa shape index (κ1) is 20.9. The summed E-state index contributed by atoms with van der Waals surface area (Å²) < 4.78 is 16.1. The Morgan fingerprint density at radius 3 is 2.77 bits per heavy atom. The molecule has 1 N–H and O–H groups in total. The van der Waals surface area contributed by atoms with Crippen LogP contribution >= 0.6 is 12.2 Å². The third kappa shape index (κ3) is 4.40. The first-order valence-corrected chi connectivity index (χ1v) is 11.0. The molecule has 1 heterocycles. The molecule has 5 nitrogen and oxygen atoms in total. The number of hydrogen-bond acceptors (Lipinski definition) is 4. The lowest BCUT2D eigenvalue weighted by molar-refractivity contribution is 0.174. The van der Waals surface area contributed by atoms with Crippen LogP contribution in [0.15, 0.2) is 36.4 Å². The lowest BCUT2D eigenvalue weighted by atomic mass is 9.90. The van der Waals surface area contributed by atoms with Gasteiger partial charge in [0.25, 0.3) is 0 Å². The average molecular weight is 427 g/mol. The second-order valence-electron chi connectivity index (χ2n) is 8.20. The van der Waals surface area contributed by atoms with Crippen molar-refractivity contribution in [2.45, 2.75) is 25.7 Å². The lowest BCUT2D eigenvalue weighted by Gasteiger charge is -2.24. The van der Waals surface area contributed by atoms with Gasteiger partial charge in [-0.05, 0) is 71.3 Å². The fourth-order valence-corrected chi connectivity index (χ4v) is 4.66. The molecule has 2 aromatic carbocycles. The van der Waals surface area contributed by atoms with Crippen molar-refractivity contribution < 1.29 is 14.2 Å². The van der Waals surface area contributed by atoms with Crippen molar-refractivity contribution in [3.05, 3.63) is 47.5 Å². The third-order valence-corrected chi connectivity index (χ3v) is 6.64. The largest absolute Gasteiger partial charge is 0.454 e. The molecule has 0 fully saturated rings. The third-order valence-electron chi connectivity index (χ3n) is 6.18. The van der Waals surface area contributed by atoms with Gasteiger partial charge < -0.3 is 24.4 Å². The molecule has 2 aliphatic rings. The molecule has 0 saturated heterocycles. The molecule has 4 rings (SSSR count). The summed E-state index contributed by atoms with van der Waals surface area (Å²) >= 11 is 5.48. The molecule has 6 heteroatoms. The van der Waals surface area contributed by atoms with Gasteiger partial charge in [-0.1, -0.05) is 31.2 Å². The van der Waals surface area contributed by atoms with E-state index < -0.39 is 0 Å². The summed E-state index contributed by atoms with van der Waals surface area (Å²) in [7, 11) is 3.76. The van der Waals surface area contributed by atoms with E-state index in [0.717, 1.165) is 42.5 Å². The van der Waals surface area contributed by atoms with E-state index in [4.69, 9.17) is 26.4 Å². The Morgan fingerprint density at radius 2 is 1.93 bits per heavy atom. The van der Waals surface area contributed by atoms with Crippen LogP contribution in [0.2, 0.25) is 0 Å². The van der Waals surface area contributed by atoms with Gasteiger partial charge in [-0.25, -0.2) is 0 Å². The van der Waals surface area contributed by atoms with Crippen molar-refractivity contribution >= 4 is 17.3 Å². The van der Waals surface area contributed by atoms with Gasteiger partial charge in [0, 0.05) is 27.2 Å². The molecule has 1 aliphatic carbocycles. The number of benzene rings is 2. The van der Waals surface area contributed by atoms with Crippen molar-refractivity contribution in [3.63, 3.8) is 0 Å². The predicted octanol–water partition coefficient (Wildman–Crippen LogP) is 4.20. The summed E-state index contributed by atoms with van der Waals surface area (Å²) in [5.41, 5.74) is 5.36. The Labute approximate surface area is 184 Å². The summed E-state index contributed by atoms with van der Waals surface area (Å²) in [4.78, 5) is 2.14. The minimum atomic E-state index is 0.307. The van der Waals surface area contributed by atoms with Crippen molar-refractivity contribution in [2.24, 2.45) is 5.92 Å². The molecule has 0 unspecified atom stereocenters. The van der Waals surface area contributed by atoms with Gasteiger partial charge in [-0.2, -0.15) is 0 Å². The average Bonchev–Trinajstić information content (AvgIpc) is 3.34. The van der Waals surface area contributed by atoms with Crippen LogP contribution in [0.25, 0.3) is 11.1 Å². The summed E-state index contributed by atoms with van der Waals surface area (Å²) in [6, 6.07) is 13.1. The van der Waals surface area contributed by atoms with Crippen LogP contribution in [0.3, 0.4) is 0 Å². The first-order chi connectivity index (χ1) is 14.6. The van der Waals surface area contributed by atoms with Gasteiger partial charge in [0.1, 0.15) is 0 Å². The Kier molecular flexibility index (Phi) is 6.44. The number of nitrogens with zero attached hydrogens (tertiary/aromatic N) is 1. The fourth-order valence-electron chi connectivity index (χ4n) is 4.46. The normalized spacial score (nSPS) is 18.9. The molecule has 0 bridgehead atoms. The van der Waals surface area contributed by atoms with E-state index in [2.05, 4.69) is 54.5 Å². The minimum Gasteiger partial charge on any atom is -0.454 e. The smallest absolute Gasteiger partial charge is 0.231 e. The summed E-state index contributed by atoms with van der Waals surface area (Å²) in [6.45, 7) is 5.01. The first-order valence-electron chi connectivity index (χ1n) is 10.6. The standard InChI is InChI=1S/C24H30N2O3S/c1-16-12-19-13-17(18-5-7-22-23(14-18)29-15-28-22)4-6-21(19)20(16)8-10-26(2)24(30)25-9-11-27-3/h4-7,13-14,16,20H,8-12,15H2,1-3H3,(H,25,30)/t16-,20-/m1/s1. The van der Waals surface area contributed by atoms with E-state index in [9.17, 15) is 0 Å². The molecular weight excluding hydrogens is 396 g/mol. The highest BCUT2D eigenvalue weighted by Gasteiger charge is 2.29. The number of rotatable bonds is 7. The molecule has 0 aromatic heterocycles. The maximum absolute atomic E-state index is 5.54. The van der Waals surface area contributed by atoms with Crippen molar-refractivity contribution in [2.75, 3.05) is 40.6 Å². The fraction of sp³-hybridized carbons (Fsp3) is 0.458.